The van der Waals surface area contributed by atoms with E-state index in [-0.39, 0.29) is 6.61 Å². The van der Waals surface area contributed by atoms with Gasteiger partial charge in [-0.3, -0.25) is 14.5 Å². The number of nitrogens with zero attached hydrogens (tertiary/aromatic N) is 1. The van der Waals surface area contributed by atoms with E-state index in [2.05, 4.69) is 15.9 Å². The summed E-state index contributed by atoms with van der Waals surface area (Å²) in [6.45, 7) is 1.52. The molecule has 0 N–H and O–H groups in total. The fraction of sp³-hybridized carbons (Fsp3) is 0.250. The van der Waals surface area contributed by atoms with Crippen molar-refractivity contribution in [3.8, 4) is 0 Å². The minimum absolute atomic E-state index is 0.0231. The summed E-state index contributed by atoms with van der Waals surface area (Å²) in [5, 5.41) is 0. The number of benzene rings is 3. The second kappa shape index (κ2) is 8.17. The Morgan fingerprint density at radius 2 is 1.28 bits per heavy atom. The van der Waals surface area contributed by atoms with Crippen LogP contribution in [0.2, 0.25) is 0 Å². The summed E-state index contributed by atoms with van der Waals surface area (Å²) >= 11 is 18.2. The van der Waals surface area contributed by atoms with E-state index in [0.29, 0.717) is 0 Å². The third-order valence-electron chi connectivity index (χ3n) is 7.64. The molecule has 0 radical (unpaired) electrons. The molecule has 7 rings (SSSR count). The van der Waals surface area contributed by atoms with Crippen LogP contribution >= 0.6 is 39.1 Å². The van der Waals surface area contributed by atoms with E-state index in [0.717, 1.165) is 37.2 Å². The summed E-state index contributed by atoms with van der Waals surface area (Å²) < 4.78 is 6.38. The molecule has 0 spiro atoms. The zero-order valence-corrected chi connectivity index (χ0v) is 22.2. The normalized spacial score (nSPS) is 28.4. The van der Waals surface area contributed by atoms with Gasteiger partial charge in [0.2, 0.25) is 11.8 Å². The van der Waals surface area contributed by atoms with Crippen molar-refractivity contribution >= 4 is 56.9 Å². The molecule has 4 aliphatic rings. The smallest absolute Gasteiger partial charge is 0.329 e. The topological polar surface area (TPSA) is 63.7 Å². The molecule has 5 nitrogen and oxygen atoms in total. The second-order valence-corrected chi connectivity index (χ2v) is 11.5. The number of likely N-dealkylation sites (tertiary alicyclic amines) is 1. The van der Waals surface area contributed by atoms with Gasteiger partial charge < -0.3 is 4.74 Å². The van der Waals surface area contributed by atoms with Gasteiger partial charge in [-0.05, 0) is 46.9 Å². The van der Waals surface area contributed by atoms with Gasteiger partial charge in [0.25, 0.3) is 0 Å². The molecule has 3 atom stereocenters. The lowest BCUT2D eigenvalue weighted by Crippen LogP contribution is -2.57. The molecule has 2 amide bonds. The van der Waals surface area contributed by atoms with Gasteiger partial charge in [-0.1, -0.05) is 76.6 Å². The van der Waals surface area contributed by atoms with Crippen LogP contribution in [0, 0.1) is 11.8 Å². The largest absolute Gasteiger partial charge is 0.459 e. The molecule has 182 valence electrons. The maximum atomic E-state index is 13.9. The van der Waals surface area contributed by atoms with E-state index < -0.39 is 45.4 Å². The molecule has 3 aliphatic carbocycles. The van der Waals surface area contributed by atoms with Crippen LogP contribution in [-0.2, 0) is 35.5 Å². The van der Waals surface area contributed by atoms with Crippen LogP contribution in [0.5, 0.6) is 0 Å². The number of hydrogen-bond donors (Lipinski definition) is 0. The highest BCUT2D eigenvalue weighted by atomic mass is 79.9. The van der Waals surface area contributed by atoms with Crippen LogP contribution in [0.3, 0.4) is 0 Å². The Morgan fingerprint density at radius 3 is 1.69 bits per heavy atom. The quantitative estimate of drug-likeness (QED) is 0.232. The Labute approximate surface area is 226 Å². The lowest BCUT2D eigenvalue weighted by Gasteiger charge is -2.54. The van der Waals surface area contributed by atoms with Gasteiger partial charge in [0, 0.05) is 4.47 Å². The van der Waals surface area contributed by atoms with Gasteiger partial charge in [0.05, 0.1) is 11.8 Å². The first-order chi connectivity index (χ1) is 17.2. The maximum absolute atomic E-state index is 13.9. The Morgan fingerprint density at radius 1 is 0.861 bits per heavy atom. The summed E-state index contributed by atoms with van der Waals surface area (Å²) in [6, 6.07) is 21.1. The Kier molecular flexibility index (Phi) is 5.38. The molecule has 1 heterocycles. The third kappa shape index (κ3) is 2.98. The van der Waals surface area contributed by atoms with E-state index >= 15 is 0 Å². The van der Waals surface area contributed by atoms with Crippen molar-refractivity contribution in [3.63, 3.8) is 0 Å². The first kappa shape index (κ1) is 23.7. The van der Waals surface area contributed by atoms with E-state index in [1.807, 2.05) is 72.8 Å². The molecule has 36 heavy (non-hydrogen) atoms. The van der Waals surface area contributed by atoms with Crippen molar-refractivity contribution in [1.82, 2.24) is 4.90 Å². The van der Waals surface area contributed by atoms with Crippen LogP contribution in [0.25, 0.3) is 0 Å². The molecule has 0 saturated carbocycles. The van der Waals surface area contributed by atoms with Crippen LogP contribution < -0.4 is 0 Å². The molecule has 0 unspecified atom stereocenters. The van der Waals surface area contributed by atoms with Crippen molar-refractivity contribution in [2.75, 3.05) is 0 Å². The number of imide groups is 1. The second-order valence-electron chi connectivity index (χ2n) is 9.43. The Bertz CT molecular complexity index is 1320. The first-order valence-electron chi connectivity index (χ1n) is 11.6. The Hall–Kier alpha value is -2.67. The van der Waals surface area contributed by atoms with Gasteiger partial charge in [-0.25, -0.2) is 4.79 Å². The zero-order valence-electron chi connectivity index (χ0n) is 19.1. The summed E-state index contributed by atoms with van der Waals surface area (Å²) in [6.07, 6.45) is 0. The molecule has 3 aromatic rings. The number of alkyl halides is 2. The number of amides is 2. The molecular weight excluding hydrogens is 565 g/mol. The first-order valence-corrected chi connectivity index (χ1v) is 13.1. The summed E-state index contributed by atoms with van der Waals surface area (Å²) in [5.74, 6) is -3.59. The standard InChI is InChI=1S/C28H20BrCl2NO4/c1-15(26(35)36-14-16-10-12-17(29)13-11-16)32-24(33)22-23(25(32)34)28(31)19-7-3-2-6-18(19)27(22,30)20-8-4-5-9-21(20)28/h2-13,15,22-23H,14H2,1H3/t15-,22-,23+,27?,28?/m1/s1. The van der Waals surface area contributed by atoms with E-state index in [1.165, 1.54) is 6.92 Å². The molecular formula is C28H20BrCl2NO4. The van der Waals surface area contributed by atoms with Crippen molar-refractivity contribution in [3.05, 3.63) is 105 Å². The average molecular weight is 585 g/mol. The highest BCUT2D eigenvalue weighted by Crippen LogP contribution is 2.69. The molecule has 0 aromatic heterocycles. The number of halogens is 3. The lowest BCUT2D eigenvalue weighted by atomic mass is 9.54. The van der Waals surface area contributed by atoms with Crippen LogP contribution in [0.1, 0.15) is 34.7 Å². The monoisotopic (exact) mass is 583 g/mol. The van der Waals surface area contributed by atoms with Crippen molar-refractivity contribution in [2.24, 2.45) is 11.8 Å². The van der Waals surface area contributed by atoms with E-state index in [1.54, 1.807) is 0 Å². The predicted molar refractivity (Wildman–Crippen MR) is 138 cm³/mol. The molecule has 3 aromatic carbocycles. The minimum atomic E-state index is -1.28. The number of hydrogen-bond acceptors (Lipinski definition) is 4. The molecule has 1 fully saturated rings. The highest BCUT2D eigenvalue weighted by molar-refractivity contribution is 9.10. The van der Waals surface area contributed by atoms with Crippen LogP contribution in [0.15, 0.2) is 77.3 Å². The number of carbonyl (C=O) groups is 3. The fourth-order valence-electron chi connectivity index (χ4n) is 6.03. The van der Waals surface area contributed by atoms with Crippen LogP contribution in [0.4, 0.5) is 0 Å². The number of ether oxygens (including phenoxy) is 1. The average Bonchev–Trinajstić information content (AvgIpc) is 3.17. The van der Waals surface area contributed by atoms with Crippen LogP contribution in [-0.4, -0.2) is 28.7 Å². The SMILES string of the molecule is C[C@H](C(=O)OCc1ccc(Br)cc1)N1C(=O)[C@@H]2[C@H](C1=O)C1(Cl)c3ccccc3C2(Cl)c2ccccc21. The number of rotatable bonds is 4. The van der Waals surface area contributed by atoms with Gasteiger partial charge >= 0.3 is 5.97 Å². The van der Waals surface area contributed by atoms with Crippen molar-refractivity contribution in [1.29, 1.82) is 0 Å². The molecule has 2 bridgehead atoms. The summed E-state index contributed by atoms with van der Waals surface area (Å²) in [4.78, 5) is 39.3. The summed E-state index contributed by atoms with van der Waals surface area (Å²) in [7, 11) is 0. The van der Waals surface area contributed by atoms with Gasteiger partial charge in [-0.2, -0.15) is 0 Å². The highest BCUT2D eigenvalue weighted by Gasteiger charge is 2.73. The van der Waals surface area contributed by atoms with Crippen molar-refractivity contribution < 1.29 is 19.1 Å². The van der Waals surface area contributed by atoms with E-state index in [4.69, 9.17) is 27.9 Å². The van der Waals surface area contributed by atoms with Gasteiger partial charge in [-0.15, -0.1) is 23.2 Å². The van der Waals surface area contributed by atoms with Crippen molar-refractivity contribution in [2.45, 2.75) is 29.3 Å². The fourth-order valence-corrected chi connectivity index (χ4v) is 7.39. The Balaban J connectivity index is 1.38. The molecule has 8 heteroatoms. The predicted octanol–water partition coefficient (Wildman–Crippen LogP) is 5.47. The van der Waals surface area contributed by atoms with E-state index in [9.17, 15) is 14.4 Å². The summed E-state index contributed by atoms with van der Waals surface area (Å²) in [5.41, 5.74) is 3.66. The minimum Gasteiger partial charge on any atom is -0.459 e. The third-order valence-corrected chi connectivity index (χ3v) is 9.46. The number of carbonyl (C=O) groups excluding carboxylic acids is 3. The maximum Gasteiger partial charge on any atom is 0.329 e. The molecule has 1 saturated heterocycles. The lowest BCUT2D eigenvalue weighted by molar-refractivity contribution is -0.159. The van der Waals surface area contributed by atoms with Gasteiger partial charge in [0.1, 0.15) is 22.4 Å². The number of esters is 1. The van der Waals surface area contributed by atoms with Gasteiger partial charge in [0.15, 0.2) is 0 Å². The zero-order chi connectivity index (χ0) is 25.4. The molecule has 1 aliphatic heterocycles.